The van der Waals surface area contributed by atoms with Crippen molar-refractivity contribution < 1.29 is 19.0 Å². The Morgan fingerprint density at radius 3 is 2.44 bits per heavy atom. The van der Waals surface area contributed by atoms with Gasteiger partial charge in [0, 0.05) is 11.6 Å². The van der Waals surface area contributed by atoms with Gasteiger partial charge in [-0.25, -0.2) is 8.78 Å². The van der Waals surface area contributed by atoms with E-state index in [4.69, 9.17) is 0 Å². The molecule has 0 spiro atoms. The van der Waals surface area contributed by atoms with E-state index in [0.29, 0.717) is 11.8 Å². The molecule has 90 valence electrons. The number of benzene rings is 1. The largest absolute Gasteiger partial charge is 0.390 e. The number of hydrogen-bond donors (Lipinski definition) is 3. The number of rotatable bonds is 4. The predicted molar refractivity (Wildman–Crippen MR) is 60.5 cm³/mol. The second-order valence-electron chi connectivity index (χ2n) is 3.65. The molecule has 0 bridgehead atoms. The number of hydrogen-bond acceptors (Lipinski definition) is 3. The van der Waals surface area contributed by atoms with Crippen LogP contribution in [0, 0.1) is 18.6 Å². The van der Waals surface area contributed by atoms with Gasteiger partial charge in [0.1, 0.15) is 17.7 Å². The zero-order valence-electron chi connectivity index (χ0n) is 8.82. The molecule has 1 aromatic carbocycles. The average molecular weight is 248 g/mol. The van der Waals surface area contributed by atoms with Gasteiger partial charge in [-0.2, -0.15) is 12.6 Å². The molecule has 0 radical (unpaired) electrons. The molecule has 1 aromatic rings. The summed E-state index contributed by atoms with van der Waals surface area (Å²) in [4.78, 5) is 0. The third-order valence-corrected chi connectivity index (χ3v) is 2.64. The van der Waals surface area contributed by atoms with Crippen molar-refractivity contribution in [3.63, 3.8) is 0 Å². The van der Waals surface area contributed by atoms with E-state index in [9.17, 15) is 19.0 Å². The molecular weight excluding hydrogens is 234 g/mol. The van der Waals surface area contributed by atoms with E-state index in [2.05, 4.69) is 12.6 Å². The first-order valence-corrected chi connectivity index (χ1v) is 5.53. The molecule has 16 heavy (non-hydrogen) atoms. The zero-order valence-corrected chi connectivity index (χ0v) is 9.72. The smallest absolute Gasteiger partial charge is 0.132 e. The van der Waals surface area contributed by atoms with Gasteiger partial charge in [0.2, 0.25) is 0 Å². The summed E-state index contributed by atoms with van der Waals surface area (Å²) in [6, 6.07) is 1.92. The predicted octanol–water partition coefficient (Wildman–Crippen LogP) is 1.99. The average Bonchev–Trinajstić information content (AvgIpc) is 2.23. The molecule has 0 fully saturated rings. The lowest BCUT2D eigenvalue weighted by Gasteiger charge is -2.18. The summed E-state index contributed by atoms with van der Waals surface area (Å²) in [5, 5.41) is 19.2. The molecule has 5 heteroatoms. The van der Waals surface area contributed by atoms with E-state index < -0.39 is 23.8 Å². The van der Waals surface area contributed by atoms with Crippen LogP contribution in [0.3, 0.4) is 0 Å². The van der Waals surface area contributed by atoms with Gasteiger partial charge < -0.3 is 10.2 Å². The molecule has 1 rings (SSSR count). The fraction of sp³-hybridized carbons (Fsp3) is 0.455. The molecule has 0 heterocycles. The van der Waals surface area contributed by atoms with Crippen LogP contribution in [0.25, 0.3) is 0 Å². The summed E-state index contributed by atoms with van der Waals surface area (Å²) in [5.41, 5.74) is 0.140. The number of halogens is 2. The van der Waals surface area contributed by atoms with Crippen LogP contribution in [-0.2, 0) is 0 Å². The Balaban J connectivity index is 2.99. The maximum Gasteiger partial charge on any atom is 0.132 e. The van der Waals surface area contributed by atoms with Crippen molar-refractivity contribution in [1.82, 2.24) is 0 Å². The molecule has 0 aliphatic rings. The Kier molecular flexibility index (Phi) is 4.70. The minimum Gasteiger partial charge on any atom is -0.390 e. The molecular formula is C11H14F2O2S. The van der Waals surface area contributed by atoms with Crippen LogP contribution in [0.1, 0.15) is 23.7 Å². The lowest BCUT2D eigenvalue weighted by molar-refractivity contribution is 0.0151. The second kappa shape index (κ2) is 5.61. The van der Waals surface area contributed by atoms with Gasteiger partial charge in [-0.3, -0.25) is 0 Å². The molecule has 0 amide bonds. The third kappa shape index (κ3) is 2.93. The molecule has 2 N–H and O–H groups in total. The van der Waals surface area contributed by atoms with Crippen LogP contribution in [-0.4, -0.2) is 22.1 Å². The minimum atomic E-state index is -1.36. The highest BCUT2D eigenvalue weighted by Crippen LogP contribution is 2.24. The Hall–Kier alpha value is -0.650. The summed E-state index contributed by atoms with van der Waals surface area (Å²) < 4.78 is 26.3. The molecule has 2 atom stereocenters. The molecule has 2 nitrogen and oxygen atoms in total. The zero-order chi connectivity index (χ0) is 12.3. The van der Waals surface area contributed by atoms with Crippen molar-refractivity contribution in [3.8, 4) is 0 Å². The van der Waals surface area contributed by atoms with Gasteiger partial charge in [0.25, 0.3) is 0 Å². The van der Waals surface area contributed by atoms with Crippen molar-refractivity contribution in [2.75, 3.05) is 5.75 Å². The summed E-state index contributed by atoms with van der Waals surface area (Å²) in [5.74, 6) is -1.15. The normalized spacial score (nSPS) is 14.9. The molecule has 0 saturated heterocycles. The van der Waals surface area contributed by atoms with Crippen molar-refractivity contribution >= 4 is 12.6 Å². The van der Waals surface area contributed by atoms with E-state index in [1.54, 1.807) is 0 Å². The number of thiol groups is 1. The molecule has 0 aliphatic carbocycles. The number of aliphatic hydroxyl groups is 2. The first-order chi connectivity index (χ1) is 7.47. The van der Waals surface area contributed by atoms with Gasteiger partial charge in [0.15, 0.2) is 0 Å². The lowest BCUT2D eigenvalue weighted by atomic mass is 10.00. The fourth-order valence-electron chi connectivity index (χ4n) is 1.40. The first-order valence-electron chi connectivity index (χ1n) is 4.90. The highest BCUT2D eigenvalue weighted by Gasteiger charge is 2.22. The first kappa shape index (κ1) is 13.4. The number of aliphatic hydroxyl groups excluding tert-OH is 2. The van der Waals surface area contributed by atoms with Crippen LogP contribution in [0.5, 0.6) is 0 Å². The summed E-state index contributed by atoms with van der Waals surface area (Å²) in [6.45, 7) is 1.47. The van der Waals surface area contributed by atoms with Crippen LogP contribution >= 0.6 is 12.6 Å². The number of aryl methyl sites for hydroxylation is 1. The highest BCUT2D eigenvalue weighted by molar-refractivity contribution is 7.80. The topological polar surface area (TPSA) is 40.5 Å². The summed E-state index contributed by atoms with van der Waals surface area (Å²) in [6.07, 6.45) is -2.22. The van der Waals surface area contributed by atoms with Gasteiger partial charge in [-0.05, 0) is 30.7 Å². The molecule has 0 aliphatic heterocycles. The van der Waals surface area contributed by atoms with Crippen LogP contribution in [0.2, 0.25) is 0 Å². The van der Waals surface area contributed by atoms with Crippen molar-refractivity contribution in [2.24, 2.45) is 0 Å². The Morgan fingerprint density at radius 2 is 1.88 bits per heavy atom. The molecule has 0 aromatic heterocycles. The van der Waals surface area contributed by atoms with Crippen molar-refractivity contribution in [1.29, 1.82) is 0 Å². The SMILES string of the molecule is Cc1cc(C(O)C(O)CCS)c(F)cc1F. The van der Waals surface area contributed by atoms with Crippen LogP contribution < -0.4 is 0 Å². The van der Waals surface area contributed by atoms with Gasteiger partial charge in [0.05, 0.1) is 6.10 Å². The highest BCUT2D eigenvalue weighted by atomic mass is 32.1. The summed E-state index contributed by atoms with van der Waals surface area (Å²) >= 11 is 3.90. The maximum absolute atomic E-state index is 13.4. The van der Waals surface area contributed by atoms with Gasteiger partial charge in [-0.1, -0.05) is 0 Å². The minimum absolute atomic E-state index is 0.0896. The molecule has 2 unspecified atom stereocenters. The van der Waals surface area contributed by atoms with E-state index in [1.807, 2.05) is 0 Å². The van der Waals surface area contributed by atoms with Crippen LogP contribution in [0.4, 0.5) is 8.78 Å². The Labute approximate surface area is 98.3 Å². The maximum atomic E-state index is 13.4. The third-order valence-electron chi connectivity index (χ3n) is 2.39. The Morgan fingerprint density at radius 1 is 1.25 bits per heavy atom. The summed E-state index contributed by atoms with van der Waals surface area (Å²) in [7, 11) is 0. The van der Waals surface area contributed by atoms with Gasteiger partial charge >= 0.3 is 0 Å². The van der Waals surface area contributed by atoms with Gasteiger partial charge in [-0.15, -0.1) is 0 Å². The lowest BCUT2D eigenvalue weighted by Crippen LogP contribution is -2.20. The van der Waals surface area contributed by atoms with E-state index in [-0.39, 0.29) is 17.5 Å². The van der Waals surface area contributed by atoms with E-state index in [0.717, 1.165) is 0 Å². The van der Waals surface area contributed by atoms with Crippen molar-refractivity contribution in [3.05, 3.63) is 34.9 Å². The monoisotopic (exact) mass is 248 g/mol. The standard InChI is InChI=1S/C11H14F2O2S/c1-6-4-7(9(13)5-8(6)12)11(15)10(14)2-3-16/h4-5,10-11,14-16H,2-3H2,1H3. The second-order valence-corrected chi connectivity index (χ2v) is 4.09. The fourth-order valence-corrected chi connectivity index (χ4v) is 1.67. The quantitative estimate of drug-likeness (QED) is 0.713. The van der Waals surface area contributed by atoms with Crippen LogP contribution in [0.15, 0.2) is 12.1 Å². The Bertz CT molecular complexity index is 371. The van der Waals surface area contributed by atoms with Crippen molar-refractivity contribution in [2.45, 2.75) is 25.6 Å². The molecule has 0 saturated carbocycles. The van der Waals surface area contributed by atoms with E-state index >= 15 is 0 Å². The van der Waals surface area contributed by atoms with E-state index in [1.165, 1.54) is 13.0 Å².